The van der Waals surface area contributed by atoms with Crippen molar-refractivity contribution in [1.29, 1.82) is 0 Å². The summed E-state index contributed by atoms with van der Waals surface area (Å²) in [6.07, 6.45) is 2.74. The Kier molecular flexibility index (Phi) is 5.52. The summed E-state index contributed by atoms with van der Waals surface area (Å²) in [6, 6.07) is 0.339. The fraction of sp³-hybridized carbons (Fsp3) is 0.867. The van der Waals surface area contributed by atoms with Gasteiger partial charge >= 0.3 is 0 Å². The maximum atomic E-state index is 5.92. The highest BCUT2D eigenvalue weighted by Gasteiger charge is 2.40. The van der Waals surface area contributed by atoms with Crippen LogP contribution in [0.3, 0.4) is 0 Å². The lowest BCUT2D eigenvalue weighted by Gasteiger charge is -2.15. The van der Waals surface area contributed by atoms with E-state index in [1.54, 1.807) is 11.3 Å². The van der Waals surface area contributed by atoms with Crippen molar-refractivity contribution in [3.8, 4) is 0 Å². The highest BCUT2D eigenvalue weighted by molar-refractivity contribution is 7.11. The Morgan fingerprint density at radius 1 is 1.20 bits per heavy atom. The molecule has 1 aliphatic heterocycles. The lowest BCUT2D eigenvalue weighted by atomic mass is 9.90. The normalized spacial score (nSPS) is 31.6. The number of hydrogen-bond donors (Lipinski definition) is 1. The van der Waals surface area contributed by atoms with E-state index in [2.05, 4.69) is 50.1 Å². The Labute approximate surface area is 126 Å². The van der Waals surface area contributed by atoms with Gasteiger partial charge in [-0.15, -0.1) is 10.2 Å². The van der Waals surface area contributed by atoms with Crippen LogP contribution in [0, 0.1) is 5.92 Å². The molecule has 1 aliphatic rings. The molecule has 0 aliphatic carbocycles. The molecule has 1 aromatic rings. The molecule has 0 bridgehead atoms. The van der Waals surface area contributed by atoms with Crippen LogP contribution in [0.2, 0.25) is 0 Å². The summed E-state index contributed by atoms with van der Waals surface area (Å²) in [5.74, 6) is 0.898. The zero-order chi connectivity index (χ0) is 14.7. The van der Waals surface area contributed by atoms with Crippen LogP contribution >= 0.6 is 11.3 Å². The van der Waals surface area contributed by atoms with Crippen LogP contribution in [-0.4, -0.2) is 29.0 Å². The van der Waals surface area contributed by atoms with Crippen molar-refractivity contribution in [2.45, 2.75) is 71.6 Å². The van der Waals surface area contributed by atoms with Gasteiger partial charge in [0.2, 0.25) is 0 Å². The molecule has 5 atom stereocenters. The largest absolute Gasteiger partial charge is 0.375 e. The Hall–Kier alpha value is -0.520. The molecule has 0 saturated carbocycles. The minimum atomic E-state index is 0.240. The molecule has 1 fully saturated rings. The van der Waals surface area contributed by atoms with E-state index < -0.39 is 0 Å². The third kappa shape index (κ3) is 3.21. The second-order valence-corrected chi connectivity index (χ2v) is 6.87. The average Bonchev–Trinajstić information content (AvgIpc) is 2.97. The monoisotopic (exact) mass is 297 g/mol. The molecule has 1 saturated heterocycles. The van der Waals surface area contributed by atoms with E-state index in [0.29, 0.717) is 24.0 Å². The number of rotatable bonds is 6. The van der Waals surface area contributed by atoms with E-state index in [0.717, 1.165) is 29.4 Å². The highest BCUT2D eigenvalue weighted by Crippen LogP contribution is 2.41. The molecular weight excluding hydrogens is 270 g/mol. The number of nitrogens with zero attached hydrogens (tertiary/aromatic N) is 2. The number of ether oxygens (including phenoxy) is 1. The summed E-state index contributed by atoms with van der Waals surface area (Å²) >= 11 is 1.76. The van der Waals surface area contributed by atoms with Crippen LogP contribution in [0.15, 0.2) is 0 Å². The molecule has 1 N–H and O–H groups in total. The average molecular weight is 297 g/mol. The minimum Gasteiger partial charge on any atom is -0.375 e. The molecule has 0 radical (unpaired) electrons. The molecule has 4 nitrogen and oxygen atoms in total. The molecule has 20 heavy (non-hydrogen) atoms. The Bertz CT molecular complexity index is 423. The van der Waals surface area contributed by atoms with Crippen LogP contribution in [0.1, 0.15) is 69.4 Å². The molecule has 2 heterocycles. The second kappa shape index (κ2) is 6.96. The first-order chi connectivity index (χ1) is 9.58. The molecule has 5 unspecified atom stereocenters. The lowest BCUT2D eigenvalue weighted by molar-refractivity contribution is 0.0556. The Morgan fingerprint density at radius 3 is 2.50 bits per heavy atom. The summed E-state index contributed by atoms with van der Waals surface area (Å²) in [5.41, 5.74) is 0. The lowest BCUT2D eigenvalue weighted by Crippen LogP contribution is -2.21. The molecule has 114 valence electrons. The van der Waals surface area contributed by atoms with Gasteiger partial charge in [0.15, 0.2) is 0 Å². The highest BCUT2D eigenvalue weighted by atomic mass is 32.1. The smallest absolute Gasteiger partial charge is 0.134 e. The van der Waals surface area contributed by atoms with Crippen LogP contribution in [-0.2, 0) is 4.74 Å². The number of hydrogen-bond acceptors (Lipinski definition) is 5. The van der Waals surface area contributed by atoms with Gasteiger partial charge in [-0.1, -0.05) is 32.1 Å². The molecule has 1 aromatic heterocycles. The van der Waals surface area contributed by atoms with E-state index in [9.17, 15) is 0 Å². The van der Waals surface area contributed by atoms with Gasteiger partial charge in [-0.05, 0) is 39.2 Å². The molecule has 0 aromatic carbocycles. The third-order valence-corrected chi connectivity index (χ3v) is 5.47. The van der Waals surface area contributed by atoms with Crippen molar-refractivity contribution in [3.05, 3.63) is 10.0 Å². The fourth-order valence-electron chi connectivity index (χ4n) is 2.94. The summed E-state index contributed by atoms with van der Waals surface area (Å²) in [6.45, 7) is 12.0. The van der Waals surface area contributed by atoms with E-state index in [4.69, 9.17) is 4.74 Å². The van der Waals surface area contributed by atoms with Crippen molar-refractivity contribution >= 4 is 11.3 Å². The van der Waals surface area contributed by atoms with Gasteiger partial charge in [0, 0.05) is 5.92 Å². The first-order valence-electron chi connectivity index (χ1n) is 7.80. The first kappa shape index (κ1) is 15.9. The zero-order valence-corrected chi connectivity index (χ0v) is 14.0. The predicted molar refractivity (Wildman–Crippen MR) is 83.1 cm³/mol. The van der Waals surface area contributed by atoms with Gasteiger partial charge in [0.25, 0.3) is 0 Å². The zero-order valence-electron chi connectivity index (χ0n) is 13.2. The summed E-state index contributed by atoms with van der Waals surface area (Å²) < 4.78 is 5.92. The van der Waals surface area contributed by atoms with Crippen LogP contribution in [0.25, 0.3) is 0 Å². The maximum absolute atomic E-state index is 5.92. The van der Waals surface area contributed by atoms with Gasteiger partial charge in [0.05, 0.1) is 18.2 Å². The van der Waals surface area contributed by atoms with Crippen LogP contribution in [0.4, 0.5) is 0 Å². The van der Waals surface area contributed by atoms with Gasteiger partial charge in [-0.3, -0.25) is 0 Å². The van der Waals surface area contributed by atoms with Crippen LogP contribution < -0.4 is 5.32 Å². The van der Waals surface area contributed by atoms with E-state index in [-0.39, 0.29) is 6.10 Å². The number of nitrogens with one attached hydrogen (secondary N) is 1. The molecule has 5 heteroatoms. The molecular formula is C15H27N3OS. The first-order valence-corrected chi connectivity index (χ1v) is 8.62. The topological polar surface area (TPSA) is 47.0 Å². The van der Waals surface area contributed by atoms with Crippen LogP contribution in [0.5, 0.6) is 0 Å². The van der Waals surface area contributed by atoms with E-state index >= 15 is 0 Å². The van der Waals surface area contributed by atoms with Gasteiger partial charge in [0.1, 0.15) is 10.0 Å². The van der Waals surface area contributed by atoms with Crippen molar-refractivity contribution in [2.24, 2.45) is 5.92 Å². The van der Waals surface area contributed by atoms with Crippen molar-refractivity contribution in [3.63, 3.8) is 0 Å². The summed E-state index contributed by atoms with van der Waals surface area (Å²) in [5, 5.41) is 14.7. The molecule has 0 amide bonds. The second-order valence-electron chi connectivity index (χ2n) is 5.82. The third-order valence-electron chi connectivity index (χ3n) is 4.33. The minimum absolute atomic E-state index is 0.240. The Balaban J connectivity index is 2.11. The Morgan fingerprint density at radius 2 is 1.95 bits per heavy atom. The van der Waals surface area contributed by atoms with E-state index in [1.807, 2.05) is 0 Å². The fourth-order valence-corrected chi connectivity index (χ4v) is 4.25. The molecule has 0 spiro atoms. The summed E-state index contributed by atoms with van der Waals surface area (Å²) in [4.78, 5) is 0. The van der Waals surface area contributed by atoms with Gasteiger partial charge < -0.3 is 10.1 Å². The van der Waals surface area contributed by atoms with Crippen molar-refractivity contribution < 1.29 is 4.74 Å². The standard InChI is InChI=1S/C15H27N3OS/c1-6-8-16-12(7-2)14-17-18-15(20-14)13-9(3)10(4)19-11(13)5/h9-13,16H,6-8H2,1-5H3. The van der Waals surface area contributed by atoms with Gasteiger partial charge in [-0.2, -0.15) is 0 Å². The van der Waals surface area contributed by atoms with Crippen molar-refractivity contribution in [2.75, 3.05) is 6.54 Å². The van der Waals surface area contributed by atoms with E-state index in [1.165, 1.54) is 0 Å². The summed E-state index contributed by atoms with van der Waals surface area (Å²) in [7, 11) is 0. The maximum Gasteiger partial charge on any atom is 0.134 e. The quantitative estimate of drug-likeness (QED) is 0.873. The number of aromatic nitrogens is 2. The van der Waals surface area contributed by atoms with Gasteiger partial charge in [-0.25, -0.2) is 0 Å². The molecule has 2 rings (SSSR count). The van der Waals surface area contributed by atoms with Crippen molar-refractivity contribution in [1.82, 2.24) is 15.5 Å². The SMILES string of the molecule is CCCNC(CC)c1nnc(C2C(C)OC(C)C2C)s1. The predicted octanol–water partition coefficient (Wildman–Crippen LogP) is 3.52.